The van der Waals surface area contributed by atoms with Crippen molar-refractivity contribution < 1.29 is 9.21 Å². The van der Waals surface area contributed by atoms with E-state index in [2.05, 4.69) is 52.2 Å². The minimum Gasteiger partial charge on any atom is -0.454 e. The van der Waals surface area contributed by atoms with Crippen LogP contribution in [0.15, 0.2) is 39.5 Å². The van der Waals surface area contributed by atoms with E-state index in [0.717, 1.165) is 15.9 Å². The lowest BCUT2D eigenvalue weighted by atomic mass is 9.86. The van der Waals surface area contributed by atoms with Crippen molar-refractivity contribution in [2.75, 3.05) is 0 Å². The van der Waals surface area contributed by atoms with Crippen molar-refractivity contribution >= 4 is 21.8 Å². The van der Waals surface area contributed by atoms with Crippen LogP contribution in [0.2, 0.25) is 0 Å². The highest BCUT2D eigenvalue weighted by molar-refractivity contribution is 9.10. The van der Waals surface area contributed by atoms with Gasteiger partial charge in [-0.25, -0.2) is 0 Å². The Hall–Kier alpha value is -2.35. The summed E-state index contributed by atoms with van der Waals surface area (Å²) in [7, 11) is 0. The first kappa shape index (κ1) is 20.4. The standard InChI is InChI=1S/C20H26BrN5O2/c1-13-18(21)14(2)26(24-13)11-15-7-8-16(28-15)19(27)23-17(20(3,4)5)12-25-10-6-9-22-25/h6-10,17H,11-12H2,1-5H3,(H,23,27)/t17-/m1/s1. The van der Waals surface area contributed by atoms with Crippen LogP contribution in [0.3, 0.4) is 0 Å². The molecule has 7 nitrogen and oxygen atoms in total. The molecule has 0 aliphatic rings. The van der Waals surface area contributed by atoms with Crippen LogP contribution in [-0.4, -0.2) is 31.5 Å². The molecule has 0 aromatic carbocycles. The molecular weight excluding hydrogens is 422 g/mol. The fourth-order valence-electron chi connectivity index (χ4n) is 2.92. The monoisotopic (exact) mass is 447 g/mol. The number of nitrogens with zero attached hydrogens (tertiary/aromatic N) is 4. The highest BCUT2D eigenvalue weighted by Gasteiger charge is 2.28. The molecule has 0 fully saturated rings. The number of carbonyl (C=O) groups excluding carboxylic acids is 1. The number of aromatic nitrogens is 4. The van der Waals surface area contributed by atoms with Gasteiger partial charge in [0.25, 0.3) is 5.91 Å². The summed E-state index contributed by atoms with van der Waals surface area (Å²) in [6.07, 6.45) is 3.63. The summed E-state index contributed by atoms with van der Waals surface area (Å²) in [5.74, 6) is 0.751. The average Bonchev–Trinajstić information content (AvgIpc) is 3.34. The predicted molar refractivity (Wildman–Crippen MR) is 110 cm³/mol. The third kappa shape index (κ3) is 4.55. The largest absolute Gasteiger partial charge is 0.454 e. The van der Waals surface area contributed by atoms with Crippen LogP contribution in [-0.2, 0) is 13.1 Å². The maximum absolute atomic E-state index is 12.8. The van der Waals surface area contributed by atoms with Crippen molar-refractivity contribution in [2.24, 2.45) is 5.41 Å². The van der Waals surface area contributed by atoms with Gasteiger partial charge in [0, 0.05) is 12.4 Å². The van der Waals surface area contributed by atoms with Crippen molar-refractivity contribution in [1.29, 1.82) is 0 Å². The summed E-state index contributed by atoms with van der Waals surface area (Å²) < 4.78 is 10.5. The second-order valence-electron chi connectivity index (χ2n) is 8.03. The molecule has 0 saturated carbocycles. The summed E-state index contributed by atoms with van der Waals surface area (Å²) in [5, 5.41) is 11.8. The Morgan fingerprint density at radius 3 is 2.64 bits per heavy atom. The first-order valence-electron chi connectivity index (χ1n) is 9.21. The van der Waals surface area contributed by atoms with Gasteiger partial charge in [0.05, 0.1) is 35.0 Å². The van der Waals surface area contributed by atoms with Gasteiger partial charge in [-0.05, 0) is 53.4 Å². The lowest BCUT2D eigenvalue weighted by molar-refractivity contribution is 0.0860. The predicted octanol–water partition coefficient (Wildman–Crippen LogP) is 3.94. The van der Waals surface area contributed by atoms with Crippen molar-refractivity contribution in [3.8, 4) is 0 Å². The molecule has 0 aliphatic carbocycles. The van der Waals surface area contributed by atoms with Gasteiger partial charge in [0.1, 0.15) is 5.76 Å². The zero-order chi connectivity index (χ0) is 20.5. The van der Waals surface area contributed by atoms with Crippen LogP contribution in [0.5, 0.6) is 0 Å². The van der Waals surface area contributed by atoms with Crippen LogP contribution >= 0.6 is 15.9 Å². The number of furan rings is 1. The van der Waals surface area contributed by atoms with E-state index in [1.54, 1.807) is 12.3 Å². The topological polar surface area (TPSA) is 77.9 Å². The highest BCUT2D eigenvalue weighted by atomic mass is 79.9. The first-order valence-corrected chi connectivity index (χ1v) is 10.0. The Morgan fingerprint density at radius 1 is 1.32 bits per heavy atom. The molecule has 0 spiro atoms. The summed E-state index contributed by atoms with van der Waals surface area (Å²) in [6.45, 7) is 11.3. The molecule has 150 valence electrons. The molecule has 3 aromatic rings. The summed E-state index contributed by atoms with van der Waals surface area (Å²) in [6, 6.07) is 5.30. The van der Waals surface area contributed by atoms with E-state index in [1.165, 1.54) is 0 Å². The SMILES string of the molecule is Cc1nn(Cc2ccc(C(=O)N[C@H](Cn3cccn3)C(C)(C)C)o2)c(C)c1Br. The molecular formula is C20H26BrN5O2. The van der Waals surface area contributed by atoms with E-state index in [0.29, 0.717) is 24.6 Å². The van der Waals surface area contributed by atoms with Crippen molar-refractivity contribution in [3.63, 3.8) is 0 Å². The van der Waals surface area contributed by atoms with E-state index < -0.39 is 0 Å². The Balaban J connectivity index is 1.71. The molecule has 1 atom stereocenters. The molecule has 1 amide bonds. The third-order valence-electron chi connectivity index (χ3n) is 4.76. The molecule has 3 rings (SSSR count). The normalized spacial score (nSPS) is 12.9. The Bertz CT molecular complexity index is 950. The second kappa shape index (κ2) is 7.95. The van der Waals surface area contributed by atoms with Gasteiger partial charge in [-0.3, -0.25) is 14.2 Å². The van der Waals surface area contributed by atoms with Crippen LogP contribution < -0.4 is 5.32 Å². The number of amides is 1. The minimum absolute atomic E-state index is 0.0968. The Morgan fingerprint density at radius 2 is 2.07 bits per heavy atom. The summed E-state index contributed by atoms with van der Waals surface area (Å²) >= 11 is 3.53. The summed E-state index contributed by atoms with van der Waals surface area (Å²) in [4.78, 5) is 12.8. The zero-order valence-electron chi connectivity index (χ0n) is 16.9. The second-order valence-corrected chi connectivity index (χ2v) is 8.82. The van der Waals surface area contributed by atoms with Crippen LogP contribution in [0, 0.1) is 19.3 Å². The number of carbonyl (C=O) groups is 1. The van der Waals surface area contributed by atoms with E-state index in [1.807, 2.05) is 41.5 Å². The van der Waals surface area contributed by atoms with Gasteiger partial charge < -0.3 is 9.73 Å². The Labute approximate surface area is 173 Å². The van der Waals surface area contributed by atoms with Gasteiger partial charge >= 0.3 is 0 Å². The van der Waals surface area contributed by atoms with Crippen LogP contribution in [0.4, 0.5) is 0 Å². The number of hydrogen-bond donors (Lipinski definition) is 1. The summed E-state index contributed by atoms with van der Waals surface area (Å²) in [5.41, 5.74) is 1.81. The quantitative estimate of drug-likeness (QED) is 0.620. The van der Waals surface area contributed by atoms with E-state index in [-0.39, 0.29) is 17.4 Å². The first-order chi connectivity index (χ1) is 13.1. The van der Waals surface area contributed by atoms with Crippen LogP contribution in [0.1, 0.15) is 48.5 Å². The maximum Gasteiger partial charge on any atom is 0.287 e. The number of hydrogen-bond acceptors (Lipinski definition) is 4. The van der Waals surface area contributed by atoms with Crippen molar-refractivity contribution in [2.45, 2.75) is 53.8 Å². The lowest BCUT2D eigenvalue weighted by Gasteiger charge is -2.31. The average molecular weight is 448 g/mol. The molecule has 1 N–H and O–H groups in total. The zero-order valence-corrected chi connectivity index (χ0v) is 18.4. The Kier molecular flexibility index (Phi) is 5.79. The van der Waals surface area contributed by atoms with Gasteiger partial charge in [-0.1, -0.05) is 20.8 Å². The molecule has 3 aromatic heterocycles. The molecule has 0 radical (unpaired) electrons. The fraction of sp³-hybridized carbons (Fsp3) is 0.450. The molecule has 0 aliphatic heterocycles. The van der Waals surface area contributed by atoms with Crippen LogP contribution in [0.25, 0.3) is 0 Å². The number of nitrogens with one attached hydrogen (secondary N) is 1. The molecule has 3 heterocycles. The van der Waals surface area contributed by atoms with E-state index in [9.17, 15) is 4.79 Å². The van der Waals surface area contributed by atoms with Gasteiger partial charge in [-0.2, -0.15) is 10.2 Å². The maximum atomic E-state index is 12.8. The minimum atomic E-state index is -0.229. The molecule has 0 unspecified atom stereocenters. The van der Waals surface area contributed by atoms with Gasteiger partial charge in [-0.15, -0.1) is 0 Å². The van der Waals surface area contributed by atoms with Crippen molar-refractivity contribution in [3.05, 3.63) is 58.0 Å². The number of aryl methyl sites for hydroxylation is 1. The van der Waals surface area contributed by atoms with Gasteiger partial charge in [0.2, 0.25) is 0 Å². The molecule has 8 heteroatoms. The van der Waals surface area contributed by atoms with E-state index >= 15 is 0 Å². The smallest absolute Gasteiger partial charge is 0.287 e. The number of halogens is 1. The third-order valence-corrected chi connectivity index (χ3v) is 5.91. The van der Waals surface area contributed by atoms with Crippen molar-refractivity contribution in [1.82, 2.24) is 24.9 Å². The van der Waals surface area contributed by atoms with Gasteiger partial charge in [0.15, 0.2) is 5.76 Å². The lowest BCUT2D eigenvalue weighted by Crippen LogP contribution is -2.46. The highest BCUT2D eigenvalue weighted by Crippen LogP contribution is 2.23. The molecule has 0 saturated heterocycles. The molecule has 0 bridgehead atoms. The van der Waals surface area contributed by atoms with E-state index in [4.69, 9.17) is 4.42 Å². The molecule has 28 heavy (non-hydrogen) atoms. The number of rotatable bonds is 6. The fourth-order valence-corrected chi connectivity index (χ4v) is 3.21.